The molecule has 1 saturated heterocycles. The minimum atomic E-state index is -1.20. The number of carboxylic acid groups (broad SMARTS) is 1. The zero-order valence-corrected chi connectivity index (χ0v) is 22.9. The molecule has 2 aromatic rings. The number of carboxylic acids is 1. The summed E-state index contributed by atoms with van der Waals surface area (Å²) >= 11 is 1.31. The molecule has 3 amide bonds. The maximum Gasteiger partial charge on any atom is 0.408 e. The number of nitrogens with zero attached hydrogens (tertiary/aromatic N) is 1. The Balaban J connectivity index is 1.73. The van der Waals surface area contributed by atoms with Crippen molar-refractivity contribution in [3.63, 3.8) is 0 Å². The lowest BCUT2D eigenvalue weighted by molar-refractivity contribution is -0.158. The molecule has 0 spiro atoms. The Kier molecular flexibility index (Phi) is 11.1. The van der Waals surface area contributed by atoms with Gasteiger partial charge in [0, 0.05) is 5.75 Å². The highest BCUT2D eigenvalue weighted by atomic mass is 32.2. The number of β-lactam (4-membered cyclic amide) rings is 1. The summed E-state index contributed by atoms with van der Waals surface area (Å²) in [5.74, 6) is -2.36. The van der Waals surface area contributed by atoms with Gasteiger partial charge < -0.3 is 30.1 Å². The molecule has 3 N–H and O–H groups in total. The third-order valence-corrected chi connectivity index (χ3v) is 7.04. The third kappa shape index (κ3) is 8.34. The van der Waals surface area contributed by atoms with Crippen LogP contribution >= 0.6 is 11.8 Å². The second-order valence-corrected chi connectivity index (χ2v) is 9.88. The van der Waals surface area contributed by atoms with Gasteiger partial charge in [-0.3, -0.25) is 19.2 Å². The number of amides is 3. The quantitative estimate of drug-likeness (QED) is 0.188. The van der Waals surface area contributed by atoms with Crippen molar-refractivity contribution in [3.8, 4) is 0 Å². The molecule has 3 unspecified atom stereocenters. The van der Waals surface area contributed by atoms with Crippen molar-refractivity contribution in [2.45, 2.75) is 38.1 Å². The number of ether oxygens (including phenoxy) is 2. The molecule has 0 aliphatic carbocycles. The van der Waals surface area contributed by atoms with Gasteiger partial charge in [0.25, 0.3) is 0 Å². The Labute approximate surface area is 235 Å². The summed E-state index contributed by atoms with van der Waals surface area (Å²) in [6.45, 7) is 1.17. The minimum Gasteiger partial charge on any atom is -0.480 e. The zero-order valence-electron chi connectivity index (χ0n) is 22.1. The largest absolute Gasteiger partial charge is 0.480 e. The van der Waals surface area contributed by atoms with Crippen molar-refractivity contribution in [3.05, 3.63) is 82.8 Å². The van der Waals surface area contributed by atoms with Gasteiger partial charge in [0.1, 0.15) is 25.2 Å². The molecule has 1 heterocycles. The smallest absolute Gasteiger partial charge is 0.408 e. The highest BCUT2D eigenvalue weighted by Crippen LogP contribution is 2.29. The molecule has 3 atom stereocenters. The van der Waals surface area contributed by atoms with Crippen LogP contribution in [0.2, 0.25) is 0 Å². The fraction of sp³-hybridized carbons (Fsp3) is 0.321. The van der Waals surface area contributed by atoms with Gasteiger partial charge in [-0.25, -0.2) is 4.79 Å². The Morgan fingerprint density at radius 3 is 2.35 bits per heavy atom. The highest BCUT2D eigenvalue weighted by molar-refractivity contribution is 8.02. The molecule has 1 fully saturated rings. The summed E-state index contributed by atoms with van der Waals surface area (Å²) in [4.78, 5) is 62.8. The standard InChI is InChI=1S/C28H31N3O8S/c1-18(17-40-14-13-22(34)38-2)25-24(27(36)31(25)15-21(32)33)29-26(35)23(20-11-7-4-8-12-20)30-28(37)39-16-19-9-5-3-6-10-19/h3-12,17,23-25H,13-16H2,1-2H3,(H,29,35)(H,30,37)(H,32,33). The molecule has 212 valence electrons. The van der Waals surface area contributed by atoms with Gasteiger partial charge in [0.2, 0.25) is 11.8 Å². The van der Waals surface area contributed by atoms with E-state index in [-0.39, 0.29) is 19.0 Å². The molecule has 0 saturated carbocycles. The van der Waals surface area contributed by atoms with Gasteiger partial charge in [0.05, 0.1) is 19.6 Å². The lowest BCUT2D eigenvalue weighted by Crippen LogP contribution is -2.72. The number of hydrogen-bond donors (Lipinski definition) is 3. The molecule has 11 nitrogen and oxygen atoms in total. The van der Waals surface area contributed by atoms with Crippen molar-refractivity contribution in [1.29, 1.82) is 0 Å². The second kappa shape index (κ2) is 14.7. The van der Waals surface area contributed by atoms with Crippen molar-refractivity contribution in [2.75, 3.05) is 19.4 Å². The lowest BCUT2D eigenvalue weighted by atomic mass is 9.89. The molecule has 0 radical (unpaired) electrons. The molecule has 0 aromatic heterocycles. The van der Waals surface area contributed by atoms with Crippen LogP contribution in [0, 0.1) is 0 Å². The molecule has 1 aliphatic rings. The first kappa shape index (κ1) is 30.2. The predicted octanol–water partition coefficient (Wildman–Crippen LogP) is 2.63. The molecule has 2 aromatic carbocycles. The fourth-order valence-electron chi connectivity index (χ4n) is 4.09. The van der Waals surface area contributed by atoms with Crippen LogP contribution in [-0.4, -0.2) is 71.3 Å². The molecule has 3 rings (SSSR count). The summed E-state index contributed by atoms with van der Waals surface area (Å²) in [6, 6.07) is 14.6. The molecule has 40 heavy (non-hydrogen) atoms. The van der Waals surface area contributed by atoms with Crippen molar-refractivity contribution in [2.24, 2.45) is 0 Å². The van der Waals surface area contributed by atoms with E-state index >= 15 is 0 Å². The second-order valence-electron chi connectivity index (χ2n) is 8.90. The van der Waals surface area contributed by atoms with E-state index in [0.29, 0.717) is 16.9 Å². The van der Waals surface area contributed by atoms with Crippen molar-refractivity contribution < 1.29 is 38.6 Å². The minimum absolute atomic E-state index is 0.000764. The first-order chi connectivity index (χ1) is 19.2. The number of methoxy groups -OCH3 is 1. The first-order valence-electron chi connectivity index (χ1n) is 12.4. The topological polar surface area (TPSA) is 151 Å². The highest BCUT2D eigenvalue weighted by Gasteiger charge is 2.50. The maximum absolute atomic E-state index is 13.4. The van der Waals surface area contributed by atoms with E-state index in [1.807, 2.05) is 18.2 Å². The lowest BCUT2D eigenvalue weighted by Gasteiger charge is -2.47. The van der Waals surface area contributed by atoms with E-state index < -0.39 is 48.5 Å². The number of carbonyl (C=O) groups excluding carboxylic acids is 4. The number of aliphatic carboxylic acids is 1. The van der Waals surface area contributed by atoms with Gasteiger partial charge in [-0.2, -0.15) is 0 Å². The molecule has 1 aliphatic heterocycles. The summed E-state index contributed by atoms with van der Waals surface area (Å²) in [5.41, 5.74) is 1.87. The van der Waals surface area contributed by atoms with Crippen LogP contribution in [0.25, 0.3) is 0 Å². The number of benzene rings is 2. The van der Waals surface area contributed by atoms with Crippen LogP contribution < -0.4 is 10.6 Å². The van der Waals surface area contributed by atoms with Crippen molar-refractivity contribution in [1.82, 2.24) is 15.5 Å². The Bertz CT molecular complexity index is 1240. The monoisotopic (exact) mass is 569 g/mol. The van der Waals surface area contributed by atoms with E-state index in [1.165, 1.54) is 18.9 Å². The van der Waals surface area contributed by atoms with Gasteiger partial charge in [0.15, 0.2) is 0 Å². The van der Waals surface area contributed by atoms with Crippen LogP contribution in [0.5, 0.6) is 0 Å². The number of nitrogens with one attached hydrogen (secondary N) is 2. The van der Waals surface area contributed by atoms with Crippen LogP contribution in [0.3, 0.4) is 0 Å². The van der Waals surface area contributed by atoms with Crippen molar-refractivity contribution >= 4 is 41.6 Å². The number of hydrogen-bond acceptors (Lipinski definition) is 8. The van der Waals surface area contributed by atoms with Crippen LogP contribution in [0.15, 0.2) is 71.6 Å². The number of esters is 1. The number of rotatable bonds is 13. The Morgan fingerprint density at radius 2 is 1.73 bits per heavy atom. The number of alkyl carbamates (subject to hydrolysis) is 1. The van der Waals surface area contributed by atoms with Gasteiger partial charge in [-0.05, 0) is 29.0 Å². The number of thioether (sulfide) groups is 1. The summed E-state index contributed by atoms with van der Waals surface area (Å²) in [7, 11) is 1.30. The fourth-order valence-corrected chi connectivity index (χ4v) is 4.89. The molecular formula is C28H31N3O8S. The van der Waals surface area contributed by atoms with E-state index in [0.717, 1.165) is 10.5 Å². The first-order valence-corrected chi connectivity index (χ1v) is 13.5. The van der Waals surface area contributed by atoms with Gasteiger partial charge >= 0.3 is 18.0 Å². The summed E-state index contributed by atoms with van der Waals surface area (Å²) in [6.07, 6.45) is -0.645. The Morgan fingerprint density at radius 1 is 1.07 bits per heavy atom. The van der Waals surface area contributed by atoms with E-state index in [9.17, 15) is 29.1 Å². The van der Waals surface area contributed by atoms with Crippen LogP contribution in [-0.2, 0) is 35.3 Å². The average Bonchev–Trinajstić information content (AvgIpc) is 2.96. The van der Waals surface area contributed by atoms with E-state index in [2.05, 4.69) is 15.4 Å². The van der Waals surface area contributed by atoms with Gasteiger partial charge in [-0.15, -0.1) is 11.8 Å². The average molecular weight is 570 g/mol. The maximum atomic E-state index is 13.4. The SMILES string of the molecule is COC(=O)CCSC=C(C)C1C(NC(=O)C(NC(=O)OCc2ccccc2)c2ccccc2)C(=O)N1CC(=O)O. The Hall–Kier alpha value is -4.32. The summed E-state index contributed by atoms with van der Waals surface area (Å²) in [5, 5.41) is 16.3. The van der Waals surface area contributed by atoms with Crippen LogP contribution in [0.1, 0.15) is 30.5 Å². The van der Waals surface area contributed by atoms with E-state index in [4.69, 9.17) is 4.74 Å². The number of likely N-dealkylation sites (tertiary alicyclic amines) is 1. The van der Waals surface area contributed by atoms with Crippen LogP contribution in [0.4, 0.5) is 4.79 Å². The predicted molar refractivity (Wildman–Crippen MR) is 147 cm³/mol. The summed E-state index contributed by atoms with van der Waals surface area (Å²) < 4.78 is 9.90. The van der Waals surface area contributed by atoms with Gasteiger partial charge in [-0.1, -0.05) is 60.7 Å². The number of carbonyl (C=O) groups is 5. The third-order valence-electron chi connectivity index (χ3n) is 6.06. The normalized spacial score (nSPS) is 17.3. The molecule has 12 heteroatoms. The molecule has 0 bridgehead atoms. The van der Waals surface area contributed by atoms with E-state index in [1.54, 1.807) is 54.8 Å². The zero-order chi connectivity index (χ0) is 29.1. The molecular weight excluding hydrogens is 538 g/mol.